The Bertz CT molecular complexity index is 1320. The highest BCUT2D eigenvalue weighted by Crippen LogP contribution is 2.49. The Morgan fingerprint density at radius 1 is 0.854 bits per heavy atom. The van der Waals surface area contributed by atoms with Crippen molar-refractivity contribution < 1.29 is 27.4 Å². The predicted molar refractivity (Wildman–Crippen MR) is 154 cm³/mol. The summed E-state index contributed by atoms with van der Waals surface area (Å²) >= 11 is 1.51. The summed E-state index contributed by atoms with van der Waals surface area (Å²) in [5.74, 6) is 0.251. The molecule has 0 aliphatic carbocycles. The molecule has 0 saturated carbocycles. The molecule has 10 heteroatoms. The average Bonchev–Trinajstić information content (AvgIpc) is 2.97. The third-order valence-electron chi connectivity index (χ3n) is 7.31. The third kappa shape index (κ3) is 7.55. The van der Waals surface area contributed by atoms with Crippen molar-refractivity contribution in [3.05, 3.63) is 78.4 Å². The number of esters is 1. The van der Waals surface area contributed by atoms with E-state index in [9.17, 15) is 18.0 Å². The van der Waals surface area contributed by atoms with Crippen LogP contribution in [0.25, 0.3) is 0 Å². The molecular formula is C31H34F3N3O3S. The number of fused-ring (bicyclic) bond motifs is 2. The highest BCUT2D eigenvalue weighted by molar-refractivity contribution is 7.99. The van der Waals surface area contributed by atoms with Crippen LogP contribution in [0.5, 0.6) is 5.75 Å². The number of carbonyl (C=O) groups is 1. The van der Waals surface area contributed by atoms with Crippen molar-refractivity contribution >= 4 is 29.1 Å². The molecule has 0 bridgehead atoms. The Morgan fingerprint density at radius 3 is 2.24 bits per heavy atom. The van der Waals surface area contributed by atoms with Crippen molar-refractivity contribution in [1.82, 2.24) is 9.80 Å². The minimum Gasteiger partial charge on any atom is -0.479 e. The number of nitrogens with zero attached hydrogens (tertiary/aromatic N) is 3. The zero-order valence-electron chi connectivity index (χ0n) is 23.0. The monoisotopic (exact) mass is 585 g/mol. The number of alkyl halides is 3. The van der Waals surface area contributed by atoms with Crippen LogP contribution >= 0.6 is 11.8 Å². The first-order valence-electron chi connectivity index (χ1n) is 13.9. The molecule has 5 rings (SSSR count). The summed E-state index contributed by atoms with van der Waals surface area (Å²) in [6.07, 6.45) is -4.23. The number of hydrogen-bond acceptors (Lipinski definition) is 7. The maximum atomic E-state index is 13.5. The van der Waals surface area contributed by atoms with Gasteiger partial charge in [0.05, 0.1) is 16.9 Å². The van der Waals surface area contributed by atoms with Gasteiger partial charge >= 0.3 is 12.1 Å². The van der Waals surface area contributed by atoms with E-state index in [0.29, 0.717) is 31.1 Å². The molecule has 218 valence electrons. The molecule has 1 unspecified atom stereocenters. The number of rotatable bonds is 10. The fourth-order valence-corrected chi connectivity index (χ4v) is 6.16. The normalized spacial score (nSPS) is 16.5. The van der Waals surface area contributed by atoms with Crippen molar-refractivity contribution in [3.8, 4) is 5.75 Å². The first kappa shape index (κ1) is 29.3. The van der Waals surface area contributed by atoms with E-state index in [4.69, 9.17) is 9.47 Å². The molecule has 2 heterocycles. The molecule has 2 aliphatic rings. The lowest BCUT2D eigenvalue weighted by molar-refractivity contribution is -0.151. The molecule has 0 spiro atoms. The Kier molecular flexibility index (Phi) is 9.42. The van der Waals surface area contributed by atoms with Crippen LogP contribution in [-0.4, -0.2) is 74.3 Å². The summed E-state index contributed by atoms with van der Waals surface area (Å²) < 4.78 is 51.5. The molecule has 0 aromatic heterocycles. The Balaban J connectivity index is 1.07. The van der Waals surface area contributed by atoms with Crippen molar-refractivity contribution in [1.29, 1.82) is 0 Å². The fraction of sp³-hybridized carbons (Fsp3) is 0.387. The van der Waals surface area contributed by atoms with Crippen LogP contribution in [0, 0.1) is 0 Å². The van der Waals surface area contributed by atoms with E-state index in [-0.39, 0.29) is 5.97 Å². The van der Waals surface area contributed by atoms with Gasteiger partial charge in [0.15, 0.2) is 6.10 Å². The van der Waals surface area contributed by atoms with Gasteiger partial charge in [-0.1, -0.05) is 42.1 Å². The molecule has 0 radical (unpaired) electrons. The van der Waals surface area contributed by atoms with Gasteiger partial charge in [0.2, 0.25) is 0 Å². The minimum absolute atomic E-state index is 0.313. The Hall–Kier alpha value is -3.21. The smallest absolute Gasteiger partial charge is 0.416 e. The number of ether oxygens (including phenoxy) is 2. The molecule has 3 aromatic carbocycles. The molecular weight excluding hydrogens is 551 g/mol. The summed E-state index contributed by atoms with van der Waals surface area (Å²) in [6.45, 7) is 7.67. The average molecular weight is 586 g/mol. The fourth-order valence-electron chi connectivity index (χ4n) is 5.08. The van der Waals surface area contributed by atoms with Gasteiger partial charge < -0.3 is 19.3 Å². The molecule has 1 fully saturated rings. The molecule has 2 aliphatic heterocycles. The van der Waals surface area contributed by atoms with Gasteiger partial charge in [-0.15, -0.1) is 0 Å². The van der Waals surface area contributed by atoms with Crippen LogP contribution in [0.15, 0.2) is 82.6 Å². The van der Waals surface area contributed by atoms with Crippen LogP contribution in [0.1, 0.15) is 18.9 Å². The van der Waals surface area contributed by atoms with Crippen molar-refractivity contribution in [2.75, 3.05) is 57.3 Å². The summed E-state index contributed by atoms with van der Waals surface area (Å²) in [5, 5.41) is 0. The van der Waals surface area contributed by atoms with Gasteiger partial charge in [-0.3, -0.25) is 4.90 Å². The maximum Gasteiger partial charge on any atom is 0.416 e. The lowest BCUT2D eigenvalue weighted by atomic mass is 10.1. The topological polar surface area (TPSA) is 45.3 Å². The first-order valence-corrected chi connectivity index (χ1v) is 14.7. The molecule has 3 aromatic rings. The van der Waals surface area contributed by atoms with Gasteiger partial charge in [0.1, 0.15) is 12.4 Å². The largest absolute Gasteiger partial charge is 0.479 e. The second kappa shape index (κ2) is 13.2. The second-order valence-corrected chi connectivity index (χ2v) is 11.3. The van der Waals surface area contributed by atoms with Gasteiger partial charge in [-0.25, -0.2) is 4.79 Å². The predicted octanol–water partition coefficient (Wildman–Crippen LogP) is 6.33. The van der Waals surface area contributed by atoms with Crippen LogP contribution < -0.4 is 9.64 Å². The van der Waals surface area contributed by atoms with Crippen LogP contribution in [0.2, 0.25) is 0 Å². The van der Waals surface area contributed by atoms with E-state index in [2.05, 4.69) is 9.80 Å². The molecule has 1 atom stereocenters. The van der Waals surface area contributed by atoms with Crippen molar-refractivity contribution in [3.63, 3.8) is 0 Å². The molecule has 0 N–H and O–H groups in total. The zero-order valence-corrected chi connectivity index (χ0v) is 23.8. The number of halogens is 3. The molecule has 6 nitrogen and oxygen atoms in total. The zero-order chi connectivity index (χ0) is 28.8. The summed E-state index contributed by atoms with van der Waals surface area (Å²) in [5.41, 5.74) is 0.944. The van der Waals surface area contributed by atoms with E-state index in [1.54, 1.807) is 25.1 Å². The maximum absolute atomic E-state index is 13.5. The van der Waals surface area contributed by atoms with Crippen LogP contribution in [0.3, 0.4) is 0 Å². The van der Waals surface area contributed by atoms with Gasteiger partial charge in [-0.2, -0.15) is 13.2 Å². The number of para-hydroxylation sites is 2. The van der Waals surface area contributed by atoms with Gasteiger partial charge in [0, 0.05) is 49.1 Å². The lowest BCUT2D eigenvalue weighted by Crippen LogP contribution is -2.48. The quantitative estimate of drug-likeness (QED) is 0.258. The van der Waals surface area contributed by atoms with Crippen LogP contribution in [-0.2, 0) is 15.7 Å². The van der Waals surface area contributed by atoms with Crippen LogP contribution in [0.4, 0.5) is 24.5 Å². The van der Waals surface area contributed by atoms with Crippen molar-refractivity contribution in [2.24, 2.45) is 0 Å². The Labute approximate surface area is 243 Å². The SMILES string of the molecule is CC(Oc1ccccc1)C(=O)OCCN1CCN(CCCN2c3ccccc3Sc3ccc(C(F)(F)F)cc32)CC1. The molecule has 41 heavy (non-hydrogen) atoms. The second-order valence-electron chi connectivity index (χ2n) is 10.2. The number of benzene rings is 3. The number of carbonyl (C=O) groups excluding carboxylic acids is 1. The van der Waals surface area contributed by atoms with Crippen molar-refractivity contribution in [2.45, 2.75) is 35.4 Å². The molecule has 1 saturated heterocycles. The number of hydrogen-bond donors (Lipinski definition) is 0. The highest BCUT2D eigenvalue weighted by Gasteiger charge is 2.33. The highest BCUT2D eigenvalue weighted by atomic mass is 32.2. The minimum atomic E-state index is -4.38. The van der Waals surface area contributed by atoms with E-state index in [0.717, 1.165) is 60.7 Å². The summed E-state index contributed by atoms with van der Waals surface area (Å²) in [7, 11) is 0. The van der Waals surface area contributed by atoms with E-state index in [1.165, 1.54) is 17.8 Å². The molecule has 0 amide bonds. The number of anilines is 2. The summed E-state index contributed by atoms with van der Waals surface area (Å²) in [4.78, 5) is 20.9. The lowest BCUT2D eigenvalue weighted by Gasteiger charge is -2.36. The third-order valence-corrected chi connectivity index (χ3v) is 8.44. The van der Waals surface area contributed by atoms with E-state index < -0.39 is 17.8 Å². The Morgan fingerprint density at radius 2 is 1.51 bits per heavy atom. The first-order chi connectivity index (χ1) is 19.8. The number of piperazine rings is 1. The van der Waals surface area contributed by atoms with E-state index in [1.807, 2.05) is 47.4 Å². The summed E-state index contributed by atoms with van der Waals surface area (Å²) in [6, 6.07) is 21.1. The van der Waals surface area contributed by atoms with E-state index >= 15 is 0 Å². The van der Waals surface area contributed by atoms with Gasteiger partial charge in [-0.05, 0) is 62.4 Å². The van der Waals surface area contributed by atoms with Gasteiger partial charge in [0.25, 0.3) is 0 Å². The standard InChI is InChI=1S/C31H34F3N3O3S/c1-23(40-25-8-3-2-4-9-25)30(38)39-21-20-36-18-16-35(17-19-36)14-7-15-37-26-10-5-6-11-28(26)41-29-13-12-24(22-27(29)37)31(32,33)34/h2-6,8-13,22-23H,7,14-21H2,1H3.